The molecule has 0 saturated carbocycles. The molecule has 98 valence electrons. The van der Waals surface area contributed by atoms with Gasteiger partial charge in [-0.05, 0) is 30.7 Å². The maximum absolute atomic E-state index is 13.2. The largest absolute Gasteiger partial charge is 0.454 e. The number of nitrogen functional groups attached to an aromatic ring is 1. The molecule has 2 N–H and O–H groups in total. The molecule has 0 bridgehead atoms. The molecular weight excluding hydrogens is 245 g/mol. The lowest BCUT2D eigenvalue weighted by molar-refractivity contribution is 0.0337. The molecule has 1 unspecified atom stereocenters. The fourth-order valence-corrected chi connectivity index (χ4v) is 1.75. The Kier molecular flexibility index (Phi) is 3.80. The summed E-state index contributed by atoms with van der Waals surface area (Å²) < 4.78 is 18.4. The molecule has 0 spiro atoms. The molecular formula is C15H14FNO2. The minimum absolute atomic E-state index is 0.111. The summed E-state index contributed by atoms with van der Waals surface area (Å²) in [5.41, 5.74) is 6.67. The number of carbonyl (C=O) groups is 1. The smallest absolute Gasteiger partial charge is 0.338 e. The number of hydrogen-bond acceptors (Lipinski definition) is 3. The number of carbonyl (C=O) groups excluding carboxylic acids is 1. The van der Waals surface area contributed by atoms with Crippen molar-refractivity contribution < 1.29 is 13.9 Å². The van der Waals surface area contributed by atoms with Crippen LogP contribution in [0.15, 0.2) is 48.5 Å². The van der Waals surface area contributed by atoms with E-state index in [2.05, 4.69) is 0 Å². The van der Waals surface area contributed by atoms with Crippen LogP contribution < -0.4 is 5.73 Å². The molecule has 3 nitrogen and oxygen atoms in total. The zero-order valence-electron chi connectivity index (χ0n) is 10.5. The van der Waals surface area contributed by atoms with Crippen LogP contribution in [0.4, 0.5) is 10.1 Å². The van der Waals surface area contributed by atoms with Gasteiger partial charge in [0.15, 0.2) is 0 Å². The minimum atomic E-state index is -0.595. The second-order valence-corrected chi connectivity index (χ2v) is 4.23. The van der Waals surface area contributed by atoms with Crippen LogP contribution in [0.2, 0.25) is 0 Å². The van der Waals surface area contributed by atoms with Crippen molar-refractivity contribution in [1.82, 2.24) is 0 Å². The van der Waals surface area contributed by atoms with E-state index in [0.29, 0.717) is 0 Å². The van der Waals surface area contributed by atoms with Crippen molar-refractivity contribution in [3.05, 3.63) is 65.5 Å². The van der Waals surface area contributed by atoms with Crippen molar-refractivity contribution in [2.24, 2.45) is 0 Å². The van der Waals surface area contributed by atoms with E-state index >= 15 is 0 Å². The first-order valence-electron chi connectivity index (χ1n) is 5.88. The van der Waals surface area contributed by atoms with E-state index in [1.165, 1.54) is 6.07 Å². The van der Waals surface area contributed by atoms with Crippen LogP contribution in [0, 0.1) is 5.82 Å². The molecule has 0 fully saturated rings. The fraction of sp³-hybridized carbons (Fsp3) is 0.133. The molecule has 2 aromatic carbocycles. The van der Waals surface area contributed by atoms with Gasteiger partial charge in [-0.3, -0.25) is 0 Å². The molecule has 0 heterocycles. The number of hydrogen-bond donors (Lipinski definition) is 1. The predicted octanol–water partition coefficient (Wildman–Crippen LogP) is 3.33. The summed E-state index contributed by atoms with van der Waals surface area (Å²) in [6.45, 7) is 1.76. The molecule has 4 heteroatoms. The standard InChI is InChI=1S/C15H14FNO2/c1-10(11-5-3-2-4-6-11)19-15(18)12-7-13(16)9-14(17)8-12/h2-10H,17H2,1H3. The average Bonchev–Trinajstić information content (AvgIpc) is 2.38. The number of ether oxygens (including phenoxy) is 1. The lowest BCUT2D eigenvalue weighted by Gasteiger charge is -2.13. The summed E-state index contributed by atoms with van der Waals surface area (Å²) in [5, 5.41) is 0. The van der Waals surface area contributed by atoms with Crippen LogP contribution in [0.25, 0.3) is 0 Å². The maximum Gasteiger partial charge on any atom is 0.338 e. The number of esters is 1. The third kappa shape index (κ3) is 3.31. The van der Waals surface area contributed by atoms with Gasteiger partial charge in [-0.2, -0.15) is 0 Å². The Bertz CT molecular complexity index is 564. The molecule has 0 aliphatic carbocycles. The first-order valence-corrected chi connectivity index (χ1v) is 5.88. The number of halogens is 1. The van der Waals surface area contributed by atoms with Crippen molar-refractivity contribution in [3.63, 3.8) is 0 Å². The Morgan fingerprint density at radius 2 is 1.89 bits per heavy atom. The van der Waals surface area contributed by atoms with Crippen molar-refractivity contribution in [2.45, 2.75) is 13.0 Å². The fourth-order valence-electron chi connectivity index (χ4n) is 1.75. The Hall–Kier alpha value is -2.36. The van der Waals surface area contributed by atoms with Gasteiger partial charge in [-0.25, -0.2) is 9.18 Å². The van der Waals surface area contributed by atoms with E-state index in [0.717, 1.165) is 17.7 Å². The van der Waals surface area contributed by atoms with Crippen LogP contribution >= 0.6 is 0 Å². The topological polar surface area (TPSA) is 52.3 Å². The zero-order valence-corrected chi connectivity index (χ0v) is 10.5. The molecule has 0 aliphatic rings. The van der Waals surface area contributed by atoms with Gasteiger partial charge in [0.1, 0.15) is 11.9 Å². The number of nitrogens with two attached hydrogens (primary N) is 1. The van der Waals surface area contributed by atoms with Gasteiger partial charge in [0.25, 0.3) is 0 Å². The molecule has 2 rings (SSSR count). The predicted molar refractivity (Wildman–Crippen MR) is 71.1 cm³/mol. The first-order chi connectivity index (χ1) is 9.06. The SMILES string of the molecule is CC(OC(=O)c1cc(N)cc(F)c1)c1ccccc1. The molecule has 0 amide bonds. The van der Waals surface area contributed by atoms with E-state index in [1.807, 2.05) is 30.3 Å². The normalized spacial score (nSPS) is 11.9. The van der Waals surface area contributed by atoms with Gasteiger partial charge in [-0.1, -0.05) is 30.3 Å². The van der Waals surface area contributed by atoms with Crippen LogP contribution in [0.1, 0.15) is 28.9 Å². The summed E-state index contributed by atoms with van der Waals surface area (Å²) >= 11 is 0. The summed E-state index contributed by atoms with van der Waals surface area (Å²) in [4.78, 5) is 11.9. The Balaban J connectivity index is 2.13. The molecule has 0 radical (unpaired) electrons. The van der Waals surface area contributed by atoms with Gasteiger partial charge < -0.3 is 10.5 Å². The second kappa shape index (κ2) is 5.52. The number of rotatable bonds is 3. The number of benzene rings is 2. The van der Waals surface area contributed by atoms with Crippen molar-refractivity contribution >= 4 is 11.7 Å². The molecule has 19 heavy (non-hydrogen) atoms. The average molecular weight is 259 g/mol. The lowest BCUT2D eigenvalue weighted by Crippen LogP contribution is -2.10. The molecule has 1 atom stereocenters. The van der Waals surface area contributed by atoms with E-state index in [1.54, 1.807) is 6.92 Å². The summed E-state index contributed by atoms with van der Waals surface area (Å²) in [6, 6.07) is 13.0. The summed E-state index contributed by atoms with van der Waals surface area (Å²) in [7, 11) is 0. The highest BCUT2D eigenvalue weighted by Crippen LogP contribution is 2.19. The van der Waals surface area contributed by atoms with E-state index in [4.69, 9.17) is 10.5 Å². The van der Waals surface area contributed by atoms with Crippen LogP contribution in [-0.2, 0) is 4.74 Å². The van der Waals surface area contributed by atoms with Crippen molar-refractivity contribution in [1.29, 1.82) is 0 Å². The molecule has 0 aromatic heterocycles. The highest BCUT2D eigenvalue weighted by molar-refractivity contribution is 5.90. The van der Waals surface area contributed by atoms with E-state index in [-0.39, 0.29) is 11.3 Å². The van der Waals surface area contributed by atoms with E-state index < -0.39 is 17.9 Å². The third-order valence-electron chi connectivity index (χ3n) is 2.71. The van der Waals surface area contributed by atoms with Gasteiger partial charge in [-0.15, -0.1) is 0 Å². The van der Waals surface area contributed by atoms with E-state index in [9.17, 15) is 9.18 Å². The maximum atomic E-state index is 13.2. The Morgan fingerprint density at radius 1 is 1.21 bits per heavy atom. The molecule has 2 aromatic rings. The first kappa shape index (κ1) is 13.1. The monoisotopic (exact) mass is 259 g/mol. The highest BCUT2D eigenvalue weighted by Gasteiger charge is 2.14. The quantitative estimate of drug-likeness (QED) is 0.679. The lowest BCUT2D eigenvalue weighted by atomic mass is 10.1. The minimum Gasteiger partial charge on any atom is -0.454 e. The van der Waals surface area contributed by atoms with Crippen molar-refractivity contribution in [3.8, 4) is 0 Å². The Morgan fingerprint density at radius 3 is 2.53 bits per heavy atom. The summed E-state index contributed by atoms with van der Waals surface area (Å²) in [6.07, 6.45) is -0.404. The molecule has 0 aliphatic heterocycles. The Labute approximate surface area is 110 Å². The van der Waals surface area contributed by atoms with Crippen LogP contribution in [-0.4, -0.2) is 5.97 Å². The second-order valence-electron chi connectivity index (χ2n) is 4.23. The molecule has 0 saturated heterocycles. The van der Waals surface area contributed by atoms with Gasteiger partial charge in [0.2, 0.25) is 0 Å². The van der Waals surface area contributed by atoms with Crippen LogP contribution in [0.5, 0.6) is 0 Å². The number of anilines is 1. The van der Waals surface area contributed by atoms with Gasteiger partial charge in [0, 0.05) is 5.69 Å². The van der Waals surface area contributed by atoms with Gasteiger partial charge >= 0.3 is 5.97 Å². The third-order valence-corrected chi connectivity index (χ3v) is 2.71. The van der Waals surface area contributed by atoms with Gasteiger partial charge in [0.05, 0.1) is 5.56 Å². The van der Waals surface area contributed by atoms with Crippen molar-refractivity contribution in [2.75, 3.05) is 5.73 Å². The highest BCUT2D eigenvalue weighted by atomic mass is 19.1. The van der Waals surface area contributed by atoms with Crippen LogP contribution in [0.3, 0.4) is 0 Å². The summed E-state index contributed by atoms with van der Waals surface area (Å²) in [5.74, 6) is -1.15. The zero-order chi connectivity index (χ0) is 13.8.